The van der Waals surface area contributed by atoms with Crippen LogP contribution in [0.3, 0.4) is 0 Å². The molecule has 0 unspecified atom stereocenters. The summed E-state index contributed by atoms with van der Waals surface area (Å²) in [4.78, 5) is 18.0. The summed E-state index contributed by atoms with van der Waals surface area (Å²) in [5, 5.41) is 4.14. The second kappa shape index (κ2) is 7.89. The summed E-state index contributed by atoms with van der Waals surface area (Å²) >= 11 is 0. The highest BCUT2D eigenvalue weighted by Crippen LogP contribution is 2.33. The molecule has 0 atom stereocenters. The van der Waals surface area contributed by atoms with Crippen LogP contribution in [0.5, 0.6) is 0 Å². The third-order valence-electron chi connectivity index (χ3n) is 7.52. The molecular formula is C34H21N3O. The largest absolute Gasteiger partial charge is 0.309 e. The molecule has 0 bridgehead atoms. The third kappa shape index (κ3) is 2.98. The van der Waals surface area contributed by atoms with Gasteiger partial charge in [-0.2, -0.15) is 0 Å². The van der Waals surface area contributed by atoms with Gasteiger partial charge in [0.15, 0.2) is 0 Å². The van der Waals surface area contributed by atoms with E-state index in [1.54, 1.807) is 4.40 Å². The Morgan fingerprint density at radius 3 is 1.89 bits per heavy atom. The van der Waals surface area contributed by atoms with Crippen LogP contribution in [0.1, 0.15) is 0 Å². The predicted octanol–water partition coefficient (Wildman–Crippen LogP) is 7.77. The number of rotatable bonds is 2. The Bertz CT molecular complexity index is 2200. The van der Waals surface area contributed by atoms with Crippen molar-refractivity contribution >= 4 is 49.3 Å². The van der Waals surface area contributed by atoms with Crippen molar-refractivity contribution in [2.75, 3.05) is 0 Å². The minimum Gasteiger partial charge on any atom is -0.309 e. The highest BCUT2D eigenvalue weighted by molar-refractivity contribution is 6.09. The Kier molecular flexibility index (Phi) is 4.34. The average molecular weight is 488 g/mol. The molecule has 3 aromatic heterocycles. The van der Waals surface area contributed by atoms with Gasteiger partial charge in [-0.3, -0.25) is 9.20 Å². The van der Waals surface area contributed by atoms with E-state index in [1.165, 1.54) is 21.8 Å². The van der Waals surface area contributed by atoms with Crippen LogP contribution >= 0.6 is 0 Å². The third-order valence-corrected chi connectivity index (χ3v) is 7.52. The highest BCUT2D eigenvalue weighted by atomic mass is 16.1. The number of para-hydroxylation sites is 3. The standard InChI is InChI=1S/C34H21N3O/c38-34-28-9-1-4-10-29(28)35-33-20-16-24-21-23(15-19-30(24)37(33)34)22-13-17-25(18-14-22)36-31-11-5-2-7-26(31)27-8-3-6-12-32(27)36/h1-21H. The Hall–Kier alpha value is -5.22. The second-order valence-electron chi connectivity index (χ2n) is 9.65. The summed E-state index contributed by atoms with van der Waals surface area (Å²) in [6, 6.07) is 43.5. The van der Waals surface area contributed by atoms with Crippen LogP contribution in [-0.4, -0.2) is 14.0 Å². The first kappa shape index (κ1) is 20.9. The lowest BCUT2D eigenvalue weighted by Crippen LogP contribution is -2.15. The quantitative estimate of drug-likeness (QED) is 0.185. The molecule has 0 radical (unpaired) electrons. The van der Waals surface area contributed by atoms with Gasteiger partial charge in [0.25, 0.3) is 5.56 Å². The molecule has 0 spiro atoms. The van der Waals surface area contributed by atoms with E-state index in [2.05, 4.69) is 89.5 Å². The van der Waals surface area contributed by atoms with Crippen LogP contribution in [-0.2, 0) is 0 Å². The van der Waals surface area contributed by atoms with Gasteiger partial charge in [0.05, 0.1) is 27.5 Å². The predicted molar refractivity (Wildman–Crippen MR) is 156 cm³/mol. The molecule has 0 aliphatic rings. The van der Waals surface area contributed by atoms with Gasteiger partial charge in [0, 0.05) is 16.5 Å². The Morgan fingerprint density at radius 1 is 0.526 bits per heavy atom. The molecule has 8 rings (SSSR count). The van der Waals surface area contributed by atoms with Crippen LogP contribution in [0.4, 0.5) is 0 Å². The van der Waals surface area contributed by atoms with Crippen molar-refractivity contribution in [1.29, 1.82) is 0 Å². The number of hydrogen-bond acceptors (Lipinski definition) is 2. The van der Waals surface area contributed by atoms with E-state index in [4.69, 9.17) is 4.98 Å². The molecule has 0 fully saturated rings. The zero-order valence-electron chi connectivity index (χ0n) is 20.4. The number of hydrogen-bond donors (Lipinski definition) is 0. The summed E-state index contributed by atoms with van der Waals surface area (Å²) in [5.74, 6) is 0. The van der Waals surface area contributed by atoms with Gasteiger partial charge < -0.3 is 4.57 Å². The molecule has 0 N–H and O–H groups in total. The molecule has 38 heavy (non-hydrogen) atoms. The van der Waals surface area contributed by atoms with E-state index in [0.717, 1.165) is 33.2 Å². The van der Waals surface area contributed by atoms with Gasteiger partial charge in [0.2, 0.25) is 0 Å². The summed E-state index contributed by atoms with van der Waals surface area (Å²) < 4.78 is 4.04. The minimum atomic E-state index is -0.0421. The number of fused-ring (bicyclic) bond motifs is 7. The van der Waals surface area contributed by atoms with Crippen LogP contribution in [0.15, 0.2) is 132 Å². The minimum absolute atomic E-state index is 0.0421. The number of nitrogens with zero attached hydrogens (tertiary/aromatic N) is 3. The summed E-state index contributed by atoms with van der Waals surface area (Å²) in [6.45, 7) is 0. The van der Waals surface area contributed by atoms with E-state index < -0.39 is 0 Å². The second-order valence-corrected chi connectivity index (χ2v) is 9.65. The topological polar surface area (TPSA) is 39.3 Å². The van der Waals surface area contributed by atoms with Crippen LogP contribution in [0.25, 0.3) is 66.1 Å². The van der Waals surface area contributed by atoms with Crippen molar-refractivity contribution in [3.05, 3.63) is 138 Å². The molecule has 3 heterocycles. The van der Waals surface area contributed by atoms with Crippen molar-refractivity contribution in [1.82, 2.24) is 14.0 Å². The van der Waals surface area contributed by atoms with E-state index in [0.29, 0.717) is 11.0 Å². The van der Waals surface area contributed by atoms with E-state index in [1.807, 2.05) is 42.5 Å². The van der Waals surface area contributed by atoms with Crippen molar-refractivity contribution < 1.29 is 0 Å². The molecule has 0 saturated heterocycles. The maximum atomic E-state index is 13.3. The number of benzene rings is 5. The van der Waals surface area contributed by atoms with Gasteiger partial charge in [-0.25, -0.2) is 4.98 Å². The van der Waals surface area contributed by atoms with Gasteiger partial charge >= 0.3 is 0 Å². The lowest BCUT2D eigenvalue weighted by Gasteiger charge is -2.11. The van der Waals surface area contributed by atoms with Gasteiger partial charge in [-0.15, -0.1) is 0 Å². The monoisotopic (exact) mass is 487 g/mol. The fourth-order valence-corrected chi connectivity index (χ4v) is 5.73. The lowest BCUT2D eigenvalue weighted by molar-refractivity contribution is 1.13. The molecule has 4 heteroatoms. The van der Waals surface area contributed by atoms with Crippen molar-refractivity contribution in [2.24, 2.45) is 0 Å². The number of pyridine rings is 1. The van der Waals surface area contributed by atoms with Crippen LogP contribution in [0.2, 0.25) is 0 Å². The zero-order valence-corrected chi connectivity index (χ0v) is 20.4. The van der Waals surface area contributed by atoms with E-state index in [9.17, 15) is 4.79 Å². The van der Waals surface area contributed by atoms with E-state index >= 15 is 0 Å². The zero-order chi connectivity index (χ0) is 25.2. The van der Waals surface area contributed by atoms with Gasteiger partial charge in [-0.05, 0) is 77.2 Å². The summed E-state index contributed by atoms with van der Waals surface area (Å²) in [7, 11) is 0. The normalized spacial score (nSPS) is 11.8. The first-order valence-electron chi connectivity index (χ1n) is 12.7. The van der Waals surface area contributed by atoms with Crippen molar-refractivity contribution in [2.45, 2.75) is 0 Å². The fourth-order valence-electron chi connectivity index (χ4n) is 5.73. The number of aromatic nitrogens is 3. The van der Waals surface area contributed by atoms with Crippen molar-refractivity contribution in [3.63, 3.8) is 0 Å². The van der Waals surface area contributed by atoms with E-state index in [-0.39, 0.29) is 5.56 Å². The molecule has 5 aromatic carbocycles. The molecule has 0 amide bonds. The molecular weight excluding hydrogens is 466 g/mol. The smallest absolute Gasteiger partial charge is 0.266 e. The molecule has 0 saturated carbocycles. The van der Waals surface area contributed by atoms with Gasteiger partial charge in [-0.1, -0.05) is 66.7 Å². The maximum absolute atomic E-state index is 13.3. The first-order chi connectivity index (χ1) is 18.8. The van der Waals surface area contributed by atoms with Crippen LogP contribution in [0, 0.1) is 0 Å². The molecule has 8 aromatic rings. The first-order valence-corrected chi connectivity index (χ1v) is 12.7. The van der Waals surface area contributed by atoms with Gasteiger partial charge in [0.1, 0.15) is 5.65 Å². The van der Waals surface area contributed by atoms with Crippen molar-refractivity contribution in [3.8, 4) is 16.8 Å². The molecule has 0 aliphatic heterocycles. The summed E-state index contributed by atoms with van der Waals surface area (Å²) in [5.41, 5.74) is 7.95. The maximum Gasteiger partial charge on any atom is 0.266 e. The molecule has 4 nitrogen and oxygen atoms in total. The average Bonchev–Trinajstić information content (AvgIpc) is 3.31. The summed E-state index contributed by atoms with van der Waals surface area (Å²) in [6.07, 6.45) is 0. The van der Waals surface area contributed by atoms with Crippen LogP contribution < -0.4 is 5.56 Å². The SMILES string of the molecule is O=c1c2ccccc2nc2ccc3cc(-c4ccc(-n5c6ccccc6c6ccccc65)cc4)ccc3n12. The Balaban J connectivity index is 1.26. The Labute approximate surface area is 217 Å². The lowest BCUT2D eigenvalue weighted by atomic mass is 10.0. The molecule has 178 valence electrons. The highest BCUT2D eigenvalue weighted by Gasteiger charge is 2.12. The fraction of sp³-hybridized carbons (Fsp3) is 0. The Morgan fingerprint density at radius 2 is 1.16 bits per heavy atom. The molecule has 0 aliphatic carbocycles.